The number of ether oxygens (including phenoxy) is 1. The second-order valence-corrected chi connectivity index (χ2v) is 6.87. The maximum atomic E-state index is 12.3. The number of carbonyl (C=O) groups is 1. The van der Waals surface area contributed by atoms with Crippen LogP contribution >= 0.6 is 0 Å². The Bertz CT molecular complexity index is 302. The van der Waals surface area contributed by atoms with Crippen molar-refractivity contribution in [3.63, 3.8) is 0 Å². The lowest BCUT2D eigenvalue weighted by atomic mass is 9.97. The first-order chi connectivity index (χ1) is 8.96. The third kappa shape index (κ3) is 5.11. The Labute approximate surface area is 116 Å². The van der Waals surface area contributed by atoms with Crippen molar-refractivity contribution < 1.29 is 9.53 Å². The molecule has 4 nitrogen and oxygen atoms in total. The van der Waals surface area contributed by atoms with Gasteiger partial charge >= 0.3 is 0 Å². The minimum Gasteiger partial charge on any atom is -0.366 e. The van der Waals surface area contributed by atoms with Gasteiger partial charge in [0.05, 0.1) is 5.60 Å². The molecule has 2 aliphatic rings. The SMILES string of the molecule is CC(C)(C)OCC(=O)N(CC1CCNCC1)C1CC1. The highest BCUT2D eigenvalue weighted by molar-refractivity contribution is 5.78. The molecule has 0 radical (unpaired) electrons. The van der Waals surface area contributed by atoms with Crippen LogP contribution in [0, 0.1) is 5.92 Å². The molecule has 0 atom stereocenters. The molecular formula is C15H28N2O2. The van der Waals surface area contributed by atoms with E-state index >= 15 is 0 Å². The van der Waals surface area contributed by atoms with Crippen LogP contribution < -0.4 is 5.32 Å². The lowest BCUT2D eigenvalue weighted by molar-refractivity contribution is -0.142. The molecule has 2 fully saturated rings. The van der Waals surface area contributed by atoms with E-state index in [4.69, 9.17) is 4.74 Å². The number of nitrogens with zero attached hydrogens (tertiary/aromatic N) is 1. The van der Waals surface area contributed by atoms with Crippen molar-refractivity contribution in [1.29, 1.82) is 0 Å². The van der Waals surface area contributed by atoms with E-state index in [9.17, 15) is 4.79 Å². The summed E-state index contributed by atoms with van der Waals surface area (Å²) in [6, 6.07) is 0.492. The summed E-state index contributed by atoms with van der Waals surface area (Å²) < 4.78 is 5.64. The molecule has 19 heavy (non-hydrogen) atoms. The Kier molecular flexibility index (Phi) is 4.85. The van der Waals surface area contributed by atoms with E-state index in [1.54, 1.807) is 0 Å². The highest BCUT2D eigenvalue weighted by Gasteiger charge is 2.34. The fraction of sp³-hybridized carbons (Fsp3) is 0.933. The topological polar surface area (TPSA) is 41.6 Å². The first-order valence-electron chi connectivity index (χ1n) is 7.60. The van der Waals surface area contributed by atoms with Gasteiger partial charge < -0.3 is 15.0 Å². The summed E-state index contributed by atoms with van der Waals surface area (Å²) in [5, 5.41) is 3.38. The number of hydrogen-bond donors (Lipinski definition) is 1. The van der Waals surface area contributed by atoms with Gasteiger partial charge in [-0.3, -0.25) is 4.79 Å². The molecule has 1 aliphatic heterocycles. The van der Waals surface area contributed by atoms with Gasteiger partial charge in [-0.05, 0) is 65.5 Å². The van der Waals surface area contributed by atoms with E-state index in [1.807, 2.05) is 20.8 Å². The van der Waals surface area contributed by atoms with E-state index in [1.165, 1.54) is 25.7 Å². The fourth-order valence-electron chi connectivity index (χ4n) is 2.54. The first-order valence-corrected chi connectivity index (χ1v) is 7.60. The Hall–Kier alpha value is -0.610. The van der Waals surface area contributed by atoms with Crippen molar-refractivity contribution in [2.75, 3.05) is 26.2 Å². The molecule has 1 amide bonds. The van der Waals surface area contributed by atoms with Gasteiger partial charge in [-0.25, -0.2) is 0 Å². The Morgan fingerprint density at radius 2 is 1.84 bits per heavy atom. The summed E-state index contributed by atoms with van der Waals surface area (Å²) in [6.45, 7) is 9.33. The van der Waals surface area contributed by atoms with Crippen LogP contribution in [0.4, 0.5) is 0 Å². The lowest BCUT2D eigenvalue weighted by Crippen LogP contribution is -2.43. The van der Waals surface area contributed by atoms with E-state index in [0.29, 0.717) is 12.0 Å². The van der Waals surface area contributed by atoms with Crippen LogP contribution in [0.3, 0.4) is 0 Å². The third-order valence-corrected chi connectivity index (χ3v) is 3.85. The van der Waals surface area contributed by atoms with Crippen LogP contribution in [-0.4, -0.2) is 48.7 Å². The summed E-state index contributed by atoms with van der Waals surface area (Å²) in [4.78, 5) is 14.4. The molecule has 1 heterocycles. The highest BCUT2D eigenvalue weighted by atomic mass is 16.5. The van der Waals surface area contributed by atoms with Gasteiger partial charge in [-0.1, -0.05) is 0 Å². The van der Waals surface area contributed by atoms with Crippen LogP contribution in [-0.2, 0) is 9.53 Å². The van der Waals surface area contributed by atoms with Gasteiger partial charge in [0.15, 0.2) is 0 Å². The molecule has 1 aliphatic carbocycles. The lowest BCUT2D eigenvalue weighted by Gasteiger charge is -2.31. The average Bonchev–Trinajstić information content (AvgIpc) is 3.18. The first kappa shape index (κ1) is 14.8. The molecule has 2 rings (SSSR count). The number of piperidine rings is 1. The van der Waals surface area contributed by atoms with Crippen molar-refractivity contribution in [3.05, 3.63) is 0 Å². The average molecular weight is 268 g/mol. The molecule has 1 saturated heterocycles. The van der Waals surface area contributed by atoms with Crippen LogP contribution in [0.2, 0.25) is 0 Å². The van der Waals surface area contributed by atoms with Gasteiger partial charge in [0, 0.05) is 12.6 Å². The molecule has 0 unspecified atom stereocenters. The molecule has 0 aromatic heterocycles. The Morgan fingerprint density at radius 1 is 1.21 bits per heavy atom. The molecule has 110 valence electrons. The summed E-state index contributed by atoms with van der Waals surface area (Å²) >= 11 is 0. The molecule has 0 bridgehead atoms. The monoisotopic (exact) mass is 268 g/mol. The van der Waals surface area contributed by atoms with Gasteiger partial charge in [0.2, 0.25) is 5.91 Å². The minimum absolute atomic E-state index is 0.177. The van der Waals surface area contributed by atoms with Crippen molar-refractivity contribution in [3.8, 4) is 0 Å². The second-order valence-electron chi connectivity index (χ2n) is 6.87. The Balaban J connectivity index is 1.82. The number of hydrogen-bond acceptors (Lipinski definition) is 3. The van der Waals surface area contributed by atoms with E-state index in [-0.39, 0.29) is 18.1 Å². The highest BCUT2D eigenvalue weighted by Crippen LogP contribution is 2.29. The van der Waals surface area contributed by atoms with Crippen molar-refractivity contribution in [2.45, 2.75) is 58.1 Å². The summed E-state index contributed by atoms with van der Waals surface area (Å²) in [5.74, 6) is 0.844. The van der Waals surface area contributed by atoms with Crippen molar-refractivity contribution in [2.24, 2.45) is 5.92 Å². The predicted octanol–water partition coefficient (Wildman–Crippen LogP) is 1.79. The van der Waals surface area contributed by atoms with Gasteiger partial charge in [0.25, 0.3) is 0 Å². The summed E-state index contributed by atoms with van der Waals surface area (Å²) in [6.07, 6.45) is 4.73. The fourth-order valence-corrected chi connectivity index (χ4v) is 2.54. The zero-order valence-electron chi connectivity index (χ0n) is 12.6. The maximum absolute atomic E-state index is 12.3. The van der Waals surface area contributed by atoms with E-state index < -0.39 is 0 Å². The smallest absolute Gasteiger partial charge is 0.248 e. The number of rotatable bonds is 5. The Morgan fingerprint density at radius 3 is 2.37 bits per heavy atom. The van der Waals surface area contributed by atoms with Crippen molar-refractivity contribution in [1.82, 2.24) is 10.2 Å². The van der Waals surface area contributed by atoms with Crippen LogP contribution in [0.1, 0.15) is 46.5 Å². The number of nitrogens with one attached hydrogen (secondary N) is 1. The standard InChI is InChI=1S/C15H28N2O2/c1-15(2,3)19-11-14(18)17(13-4-5-13)10-12-6-8-16-9-7-12/h12-13,16H,4-11H2,1-3H3. The summed E-state index contributed by atoms with van der Waals surface area (Å²) in [5.41, 5.74) is -0.236. The maximum Gasteiger partial charge on any atom is 0.248 e. The predicted molar refractivity (Wildman–Crippen MR) is 76.0 cm³/mol. The zero-order valence-corrected chi connectivity index (χ0v) is 12.6. The second kappa shape index (κ2) is 6.23. The molecule has 1 saturated carbocycles. The molecule has 0 aromatic rings. The van der Waals surface area contributed by atoms with Gasteiger partial charge in [-0.2, -0.15) is 0 Å². The minimum atomic E-state index is -0.236. The largest absolute Gasteiger partial charge is 0.366 e. The van der Waals surface area contributed by atoms with Crippen LogP contribution in [0.5, 0.6) is 0 Å². The van der Waals surface area contributed by atoms with Crippen LogP contribution in [0.15, 0.2) is 0 Å². The molecule has 0 aromatic carbocycles. The number of amides is 1. The quantitative estimate of drug-likeness (QED) is 0.826. The molecule has 4 heteroatoms. The molecular weight excluding hydrogens is 240 g/mol. The van der Waals surface area contributed by atoms with E-state index in [2.05, 4.69) is 10.2 Å². The molecule has 1 N–H and O–H groups in total. The van der Waals surface area contributed by atoms with E-state index in [0.717, 1.165) is 19.6 Å². The normalized spacial score (nSPS) is 21.4. The summed E-state index contributed by atoms with van der Waals surface area (Å²) in [7, 11) is 0. The van der Waals surface area contributed by atoms with Crippen LogP contribution in [0.25, 0.3) is 0 Å². The number of carbonyl (C=O) groups excluding carboxylic acids is 1. The van der Waals surface area contributed by atoms with Crippen molar-refractivity contribution >= 4 is 5.91 Å². The zero-order chi connectivity index (χ0) is 13.9. The third-order valence-electron chi connectivity index (χ3n) is 3.85. The van der Waals surface area contributed by atoms with Gasteiger partial charge in [-0.15, -0.1) is 0 Å². The van der Waals surface area contributed by atoms with Gasteiger partial charge in [0.1, 0.15) is 6.61 Å². The molecule has 0 spiro atoms.